The van der Waals surface area contributed by atoms with E-state index in [1.807, 2.05) is 0 Å². The molecule has 9 heteroatoms. The SMILES string of the molecule is CC(C)(Oc1ccc2c(c1)OCO2)C(=O)Nc1nc(CC(=O)O)cs1. The Morgan fingerprint density at radius 1 is 1.36 bits per heavy atom. The molecule has 2 N–H and O–H groups in total. The van der Waals surface area contributed by atoms with Crippen molar-refractivity contribution >= 4 is 28.3 Å². The molecule has 0 saturated carbocycles. The van der Waals surface area contributed by atoms with Crippen molar-refractivity contribution in [2.24, 2.45) is 0 Å². The second kappa shape index (κ2) is 6.60. The molecule has 1 aromatic heterocycles. The third-order valence-corrected chi connectivity index (χ3v) is 4.17. The van der Waals surface area contributed by atoms with E-state index in [9.17, 15) is 9.59 Å². The molecule has 0 saturated heterocycles. The molecular weight excluding hydrogens is 348 g/mol. The number of carbonyl (C=O) groups excluding carboxylic acids is 1. The van der Waals surface area contributed by atoms with Crippen molar-refractivity contribution in [1.82, 2.24) is 4.98 Å². The number of anilines is 1. The summed E-state index contributed by atoms with van der Waals surface area (Å²) >= 11 is 1.16. The highest BCUT2D eigenvalue weighted by Gasteiger charge is 2.31. The molecule has 0 spiro atoms. The maximum Gasteiger partial charge on any atom is 0.309 e. The van der Waals surface area contributed by atoms with Gasteiger partial charge in [-0.15, -0.1) is 11.3 Å². The molecule has 1 amide bonds. The maximum absolute atomic E-state index is 12.5. The van der Waals surface area contributed by atoms with Gasteiger partial charge in [-0.2, -0.15) is 0 Å². The van der Waals surface area contributed by atoms with Crippen molar-refractivity contribution in [2.75, 3.05) is 12.1 Å². The molecule has 0 radical (unpaired) electrons. The van der Waals surface area contributed by atoms with Crippen molar-refractivity contribution < 1.29 is 28.9 Å². The van der Waals surface area contributed by atoms with Crippen molar-refractivity contribution in [2.45, 2.75) is 25.9 Å². The summed E-state index contributed by atoms with van der Waals surface area (Å²) in [6.45, 7) is 3.41. The molecular formula is C16H16N2O6S. The van der Waals surface area contributed by atoms with Gasteiger partial charge in [0, 0.05) is 11.4 Å². The number of amides is 1. The molecule has 1 aromatic carbocycles. The van der Waals surface area contributed by atoms with Crippen LogP contribution in [0.1, 0.15) is 19.5 Å². The van der Waals surface area contributed by atoms with Crippen LogP contribution in [0.2, 0.25) is 0 Å². The summed E-state index contributed by atoms with van der Waals surface area (Å²) in [5.41, 5.74) is -0.783. The summed E-state index contributed by atoms with van der Waals surface area (Å²) in [7, 11) is 0. The quantitative estimate of drug-likeness (QED) is 0.810. The molecule has 0 atom stereocenters. The number of fused-ring (bicyclic) bond motifs is 1. The van der Waals surface area contributed by atoms with E-state index in [1.54, 1.807) is 37.4 Å². The van der Waals surface area contributed by atoms with Gasteiger partial charge in [-0.3, -0.25) is 14.9 Å². The smallest absolute Gasteiger partial charge is 0.309 e. The van der Waals surface area contributed by atoms with Gasteiger partial charge in [0.05, 0.1) is 12.1 Å². The normalized spacial score (nSPS) is 12.7. The second-order valence-corrected chi connectivity index (χ2v) is 6.65. The molecule has 0 fully saturated rings. The summed E-state index contributed by atoms with van der Waals surface area (Å²) in [6, 6.07) is 5.06. The van der Waals surface area contributed by atoms with Crippen molar-refractivity contribution in [3.63, 3.8) is 0 Å². The Kier molecular flexibility index (Phi) is 4.49. The second-order valence-electron chi connectivity index (χ2n) is 5.80. The zero-order chi connectivity index (χ0) is 18.0. The number of aliphatic carboxylic acids is 1. The van der Waals surface area contributed by atoms with Crippen LogP contribution in [0.4, 0.5) is 5.13 Å². The zero-order valence-corrected chi connectivity index (χ0v) is 14.4. The van der Waals surface area contributed by atoms with Gasteiger partial charge in [-0.25, -0.2) is 4.98 Å². The minimum Gasteiger partial charge on any atom is -0.481 e. The highest BCUT2D eigenvalue weighted by molar-refractivity contribution is 7.13. The highest BCUT2D eigenvalue weighted by atomic mass is 32.1. The van der Waals surface area contributed by atoms with Crippen molar-refractivity contribution in [3.05, 3.63) is 29.3 Å². The Morgan fingerprint density at radius 2 is 2.12 bits per heavy atom. The number of rotatable bonds is 6. The van der Waals surface area contributed by atoms with Gasteiger partial charge in [-0.05, 0) is 26.0 Å². The molecule has 1 aliphatic heterocycles. The largest absolute Gasteiger partial charge is 0.481 e. The highest BCUT2D eigenvalue weighted by Crippen LogP contribution is 2.36. The van der Waals surface area contributed by atoms with E-state index in [2.05, 4.69) is 10.3 Å². The number of carboxylic acids is 1. The van der Waals surface area contributed by atoms with Gasteiger partial charge < -0.3 is 19.3 Å². The van der Waals surface area contributed by atoms with E-state index >= 15 is 0 Å². The summed E-state index contributed by atoms with van der Waals surface area (Å²) in [4.78, 5) is 27.2. The van der Waals surface area contributed by atoms with Gasteiger partial charge in [0.25, 0.3) is 5.91 Å². The van der Waals surface area contributed by atoms with Gasteiger partial charge in [0.15, 0.2) is 22.2 Å². The van der Waals surface area contributed by atoms with Crippen LogP contribution < -0.4 is 19.5 Å². The van der Waals surface area contributed by atoms with Crippen LogP contribution in [0.5, 0.6) is 17.2 Å². The first kappa shape index (κ1) is 17.0. The predicted molar refractivity (Wildman–Crippen MR) is 89.4 cm³/mol. The van der Waals surface area contributed by atoms with E-state index in [1.165, 1.54) is 0 Å². The van der Waals surface area contributed by atoms with Crippen molar-refractivity contribution in [1.29, 1.82) is 0 Å². The fourth-order valence-corrected chi connectivity index (χ4v) is 2.83. The number of hydrogen-bond donors (Lipinski definition) is 2. The molecule has 2 aromatic rings. The fraction of sp³-hybridized carbons (Fsp3) is 0.312. The van der Waals surface area contributed by atoms with Crippen LogP contribution >= 0.6 is 11.3 Å². The maximum atomic E-state index is 12.5. The monoisotopic (exact) mass is 364 g/mol. The first-order chi connectivity index (χ1) is 11.8. The van der Waals surface area contributed by atoms with Crippen LogP contribution in [0.15, 0.2) is 23.6 Å². The van der Waals surface area contributed by atoms with Crippen LogP contribution in [0.3, 0.4) is 0 Å². The third-order valence-electron chi connectivity index (χ3n) is 3.37. The number of nitrogens with one attached hydrogen (secondary N) is 1. The summed E-state index contributed by atoms with van der Waals surface area (Å²) in [5, 5.41) is 13.3. The molecule has 0 unspecified atom stereocenters. The molecule has 0 bridgehead atoms. The number of nitrogens with zero attached hydrogens (tertiary/aromatic N) is 1. The van der Waals surface area contributed by atoms with E-state index in [-0.39, 0.29) is 13.2 Å². The average molecular weight is 364 g/mol. The topological polar surface area (TPSA) is 107 Å². The van der Waals surface area contributed by atoms with Gasteiger partial charge in [-0.1, -0.05) is 0 Å². The van der Waals surface area contributed by atoms with Gasteiger partial charge in [0.1, 0.15) is 5.75 Å². The first-order valence-electron chi connectivity index (χ1n) is 7.40. The number of carboxylic acid groups (broad SMARTS) is 1. The Morgan fingerprint density at radius 3 is 2.88 bits per heavy atom. The minimum atomic E-state index is -1.17. The number of thiazole rings is 1. The van der Waals surface area contributed by atoms with Crippen LogP contribution in [-0.2, 0) is 16.0 Å². The number of carbonyl (C=O) groups is 2. The standard InChI is InChI=1S/C16H16N2O6S/c1-16(2,24-10-3-4-11-12(6-10)23-8-22-11)14(21)18-15-17-9(7-25-15)5-13(19)20/h3-4,6-7H,5,8H2,1-2H3,(H,19,20)(H,17,18,21). The van der Waals surface area contributed by atoms with E-state index in [0.29, 0.717) is 28.1 Å². The summed E-state index contributed by atoms with van der Waals surface area (Å²) in [6.07, 6.45) is -0.191. The lowest BCUT2D eigenvalue weighted by atomic mass is 10.1. The number of hydrogen-bond acceptors (Lipinski definition) is 7. The Bertz CT molecular complexity index is 817. The lowest BCUT2D eigenvalue weighted by Crippen LogP contribution is -2.42. The first-order valence-corrected chi connectivity index (χ1v) is 8.28. The Balaban J connectivity index is 1.65. The van der Waals surface area contributed by atoms with Gasteiger partial charge >= 0.3 is 5.97 Å². The summed E-state index contributed by atoms with van der Waals surface area (Å²) < 4.78 is 16.3. The summed E-state index contributed by atoms with van der Waals surface area (Å²) in [5.74, 6) is 0.279. The van der Waals surface area contributed by atoms with Gasteiger partial charge in [0.2, 0.25) is 6.79 Å². The number of ether oxygens (including phenoxy) is 3. The Labute approximate surface area is 147 Å². The lowest BCUT2D eigenvalue weighted by molar-refractivity contribution is -0.136. The molecule has 3 rings (SSSR count). The van der Waals surface area contributed by atoms with Crippen LogP contribution in [0.25, 0.3) is 0 Å². The Hall–Kier alpha value is -2.81. The minimum absolute atomic E-state index is 0.158. The fourth-order valence-electron chi connectivity index (χ4n) is 2.13. The lowest BCUT2D eigenvalue weighted by Gasteiger charge is -2.24. The van der Waals surface area contributed by atoms with E-state index in [4.69, 9.17) is 19.3 Å². The molecule has 25 heavy (non-hydrogen) atoms. The number of benzene rings is 1. The zero-order valence-electron chi connectivity index (χ0n) is 13.6. The van der Waals surface area contributed by atoms with Crippen LogP contribution in [-0.4, -0.2) is 34.4 Å². The van der Waals surface area contributed by atoms with Crippen molar-refractivity contribution in [3.8, 4) is 17.2 Å². The molecule has 0 aliphatic carbocycles. The molecule has 132 valence electrons. The molecule has 8 nitrogen and oxygen atoms in total. The van der Waals surface area contributed by atoms with E-state index < -0.39 is 17.5 Å². The van der Waals surface area contributed by atoms with Crippen LogP contribution in [0, 0.1) is 0 Å². The molecule has 1 aliphatic rings. The number of aromatic nitrogens is 1. The predicted octanol–water partition coefficient (Wildman–Crippen LogP) is 2.29. The average Bonchev–Trinajstić information content (AvgIpc) is 3.15. The third kappa shape index (κ3) is 4.00. The van der Waals surface area contributed by atoms with E-state index in [0.717, 1.165) is 11.3 Å². The molecule has 2 heterocycles.